The van der Waals surface area contributed by atoms with Crippen molar-refractivity contribution in [3.8, 4) is 0 Å². The maximum Gasteiger partial charge on any atom is 0.333 e. The van der Waals surface area contributed by atoms with Crippen LogP contribution in [0.3, 0.4) is 0 Å². The Morgan fingerprint density at radius 1 is 1.22 bits per heavy atom. The average Bonchev–Trinajstić information content (AvgIpc) is 2.28. The largest absolute Gasteiger partial charge is 0.333 e. The zero-order valence-corrected chi connectivity index (χ0v) is 11.2. The molecule has 0 N–H and O–H groups in total. The molecule has 2 fully saturated rings. The highest BCUT2D eigenvalue weighted by Gasteiger charge is 2.49. The van der Waals surface area contributed by atoms with Crippen LogP contribution < -0.4 is 0 Å². The topological polar surface area (TPSA) is 57.7 Å². The van der Waals surface area contributed by atoms with E-state index in [9.17, 15) is 14.4 Å². The Morgan fingerprint density at radius 3 is 2.39 bits per heavy atom. The third-order valence-electron chi connectivity index (χ3n) is 3.88. The highest BCUT2D eigenvalue weighted by Crippen LogP contribution is 2.35. The van der Waals surface area contributed by atoms with E-state index in [1.807, 2.05) is 0 Å². The Hall–Kier alpha value is -1.39. The fourth-order valence-corrected chi connectivity index (χ4v) is 3.08. The summed E-state index contributed by atoms with van der Waals surface area (Å²) in [4.78, 5) is 38.9. The number of amides is 4. The molecule has 4 amide bonds. The van der Waals surface area contributed by atoms with Crippen molar-refractivity contribution in [2.75, 3.05) is 0 Å². The monoisotopic (exact) mass is 252 g/mol. The molecule has 1 saturated heterocycles. The minimum Gasteiger partial charge on any atom is -0.275 e. The first-order valence-corrected chi connectivity index (χ1v) is 6.62. The van der Waals surface area contributed by atoms with Crippen molar-refractivity contribution in [2.45, 2.75) is 58.5 Å². The highest BCUT2D eigenvalue weighted by molar-refractivity contribution is 6.05. The van der Waals surface area contributed by atoms with E-state index in [1.165, 1.54) is 16.7 Å². The number of imide groups is 2. The van der Waals surface area contributed by atoms with Crippen LogP contribution in [0.5, 0.6) is 0 Å². The first-order chi connectivity index (χ1) is 8.45. The second-order valence-corrected chi connectivity index (χ2v) is 5.43. The van der Waals surface area contributed by atoms with Crippen molar-refractivity contribution in [3.05, 3.63) is 0 Å². The highest BCUT2D eigenvalue weighted by atomic mass is 16.2. The van der Waals surface area contributed by atoms with E-state index in [0.29, 0.717) is 0 Å². The van der Waals surface area contributed by atoms with E-state index in [4.69, 9.17) is 0 Å². The van der Waals surface area contributed by atoms with Gasteiger partial charge in [0.1, 0.15) is 0 Å². The normalized spacial score (nSPS) is 28.7. The summed E-state index contributed by atoms with van der Waals surface area (Å²) < 4.78 is 0. The molecule has 2 rings (SSSR count). The lowest BCUT2D eigenvalue weighted by molar-refractivity contribution is -0.147. The zero-order valence-electron chi connectivity index (χ0n) is 11.2. The summed E-state index contributed by atoms with van der Waals surface area (Å²) in [6.07, 6.45) is 3.52. The molecule has 0 radical (unpaired) electrons. The molecule has 5 heteroatoms. The lowest BCUT2D eigenvalue weighted by Gasteiger charge is -2.46. The van der Waals surface area contributed by atoms with Crippen LogP contribution in [0.4, 0.5) is 4.79 Å². The van der Waals surface area contributed by atoms with Crippen LogP contribution in [-0.2, 0) is 9.59 Å². The van der Waals surface area contributed by atoms with E-state index >= 15 is 0 Å². The molecular weight excluding hydrogens is 232 g/mol. The van der Waals surface area contributed by atoms with Crippen molar-refractivity contribution in [1.82, 2.24) is 9.80 Å². The van der Waals surface area contributed by atoms with Crippen LogP contribution in [0.15, 0.2) is 0 Å². The Labute approximate surface area is 107 Å². The van der Waals surface area contributed by atoms with Crippen molar-refractivity contribution in [2.24, 2.45) is 5.92 Å². The van der Waals surface area contributed by atoms with Gasteiger partial charge in [0.25, 0.3) is 0 Å². The second-order valence-electron chi connectivity index (χ2n) is 5.43. The van der Waals surface area contributed by atoms with E-state index in [-0.39, 0.29) is 29.8 Å². The molecular formula is C13H20N2O3. The molecule has 5 nitrogen and oxygen atoms in total. The van der Waals surface area contributed by atoms with E-state index in [1.54, 1.807) is 13.8 Å². The summed E-state index contributed by atoms with van der Waals surface area (Å²) in [6, 6.07) is -0.855. The Bertz CT molecular complexity index is 392. The van der Waals surface area contributed by atoms with E-state index < -0.39 is 6.03 Å². The van der Waals surface area contributed by atoms with Crippen LogP contribution in [0.25, 0.3) is 0 Å². The molecule has 1 saturated carbocycles. The molecule has 0 bridgehead atoms. The minimum absolute atomic E-state index is 0.0998. The molecule has 2 atom stereocenters. The number of nitrogens with zero attached hydrogens (tertiary/aromatic N) is 2. The smallest absolute Gasteiger partial charge is 0.275 e. The minimum atomic E-state index is -0.439. The summed E-state index contributed by atoms with van der Waals surface area (Å²) in [7, 11) is 0. The summed E-state index contributed by atoms with van der Waals surface area (Å²) in [5.41, 5.74) is 0. The van der Waals surface area contributed by atoms with Gasteiger partial charge in [-0.05, 0) is 26.7 Å². The number of urea groups is 1. The summed E-state index contributed by atoms with van der Waals surface area (Å²) in [5.74, 6) is -0.546. The van der Waals surface area contributed by atoms with Crippen LogP contribution in [0.2, 0.25) is 0 Å². The van der Waals surface area contributed by atoms with Crippen LogP contribution >= 0.6 is 0 Å². The number of rotatable bonds is 1. The van der Waals surface area contributed by atoms with Gasteiger partial charge < -0.3 is 0 Å². The van der Waals surface area contributed by atoms with Gasteiger partial charge in [0.05, 0.1) is 12.0 Å². The number of hydrogen-bond donors (Lipinski definition) is 0. The first-order valence-electron chi connectivity index (χ1n) is 6.62. The third kappa shape index (κ3) is 1.91. The molecule has 0 aromatic heterocycles. The number of carbonyl (C=O) groups excluding carboxylic acids is 3. The molecule has 0 spiro atoms. The fourth-order valence-electron chi connectivity index (χ4n) is 3.08. The van der Waals surface area contributed by atoms with Gasteiger partial charge in [-0.1, -0.05) is 12.8 Å². The van der Waals surface area contributed by atoms with E-state index in [2.05, 4.69) is 0 Å². The lowest BCUT2D eigenvalue weighted by atomic mass is 9.81. The molecule has 0 aromatic rings. The fraction of sp³-hybridized carbons (Fsp3) is 0.769. The number of carbonyl (C=O) groups is 3. The van der Waals surface area contributed by atoms with Crippen LogP contribution in [0.1, 0.15) is 46.5 Å². The second kappa shape index (κ2) is 4.71. The molecule has 1 heterocycles. The summed E-state index contributed by atoms with van der Waals surface area (Å²) in [6.45, 7) is 5.01. The lowest BCUT2D eigenvalue weighted by Crippen LogP contribution is -2.65. The van der Waals surface area contributed by atoms with Gasteiger partial charge in [-0.2, -0.15) is 0 Å². The predicted octanol–water partition coefficient (Wildman–Crippen LogP) is 1.76. The molecule has 2 unspecified atom stereocenters. The van der Waals surface area contributed by atoms with Crippen LogP contribution in [-0.4, -0.2) is 39.7 Å². The predicted molar refractivity (Wildman–Crippen MR) is 65.6 cm³/mol. The van der Waals surface area contributed by atoms with Gasteiger partial charge in [-0.25, -0.2) is 4.79 Å². The van der Waals surface area contributed by atoms with Crippen molar-refractivity contribution >= 4 is 17.8 Å². The van der Waals surface area contributed by atoms with Gasteiger partial charge in [0.15, 0.2) is 0 Å². The quantitative estimate of drug-likeness (QED) is 0.714. The van der Waals surface area contributed by atoms with Crippen molar-refractivity contribution in [3.63, 3.8) is 0 Å². The van der Waals surface area contributed by atoms with Gasteiger partial charge in [0.2, 0.25) is 11.8 Å². The maximum atomic E-state index is 12.3. The molecule has 1 aliphatic heterocycles. The SMILES string of the molecule is CC(=O)N1C(=O)N(C(C)C)C(=O)C2CCCCC21. The van der Waals surface area contributed by atoms with Crippen molar-refractivity contribution < 1.29 is 14.4 Å². The summed E-state index contributed by atoms with van der Waals surface area (Å²) >= 11 is 0. The standard InChI is InChI=1S/C13H20N2O3/c1-8(2)14-12(17)10-6-4-5-7-11(10)15(9(3)16)13(14)18/h8,10-11H,4-7H2,1-3H3. The zero-order chi connectivity index (χ0) is 13.4. The summed E-state index contributed by atoms with van der Waals surface area (Å²) in [5, 5.41) is 0. The maximum absolute atomic E-state index is 12.3. The Morgan fingerprint density at radius 2 is 1.83 bits per heavy atom. The van der Waals surface area contributed by atoms with Crippen LogP contribution in [0, 0.1) is 5.92 Å². The van der Waals surface area contributed by atoms with Gasteiger partial charge >= 0.3 is 6.03 Å². The Balaban J connectivity index is 2.37. The van der Waals surface area contributed by atoms with Crippen molar-refractivity contribution in [1.29, 1.82) is 0 Å². The molecule has 0 aromatic carbocycles. The molecule has 100 valence electrons. The molecule has 1 aliphatic carbocycles. The molecule has 18 heavy (non-hydrogen) atoms. The number of fused-ring (bicyclic) bond motifs is 1. The van der Waals surface area contributed by atoms with E-state index in [0.717, 1.165) is 25.7 Å². The third-order valence-corrected chi connectivity index (χ3v) is 3.88. The number of hydrogen-bond acceptors (Lipinski definition) is 3. The Kier molecular flexibility index (Phi) is 3.41. The molecule has 2 aliphatic rings. The average molecular weight is 252 g/mol. The first kappa shape index (κ1) is 13.1. The van der Waals surface area contributed by atoms with Gasteiger partial charge in [0, 0.05) is 13.0 Å². The van der Waals surface area contributed by atoms with Gasteiger partial charge in [-0.15, -0.1) is 0 Å². The van der Waals surface area contributed by atoms with Gasteiger partial charge in [-0.3, -0.25) is 19.4 Å².